The molecule has 1 aromatic rings. The molecule has 1 amide bonds. The van der Waals surface area contributed by atoms with E-state index in [-0.39, 0.29) is 6.54 Å². The van der Waals surface area contributed by atoms with Gasteiger partial charge in [-0.25, -0.2) is 0 Å². The summed E-state index contributed by atoms with van der Waals surface area (Å²) in [7, 11) is 0. The molecule has 0 bridgehead atoms. The summed E-state index contributed by atoms with van der Waals surface area (Å²) in [6.45, 7) is 1.38. The Morgan fingerprint density at radius 3 is 2.55 bits per heavy atom. The van der Waals surface area contributed by atoms with Gasteiger partial charge in [0.15, 0.2) is 0 Å². The summed E-state index contributed by atoms with van der Waals surface area (Å²) < 4.78 is 36.0. The zero-order valence-corrected chi connectivity index (χ0v) is 11.2. The molecule has 0 aromatic heterocycles. The van der Waals surface area contributed by atoms with Crippen molar-refractivity contribution in [2.45, 2.75) is 19.6 Å². The number of likely N-dealkylation sites (N-methyl/N-ethyl adjacent to an activating group) is 1. The van der Waals surface area contributed by atoms with Crippen LogP contribution in [0.1, 0.15) is 12.5 Å². The van der Waals surface area contributed by atoms with Crippen LogP contribution in [0.2, 0.25) is 0 Å². The van der Waals surface area contributed by atoms with Crippen molar-refractivity contribution in [2.75, 3.05) is 25.4 Å². The van der Waals surface area contributed by atoms with Crippen LogP contribution in [-0.4, -0.2) is 36.6 Å². The molecule has 1 rings (SSSR count). The lowest BCUT2D eigenvalue weighted by Crippen LogP contribution is -2.40. The fraction of sp³-hybridized carbons (Fsp3) is 0.462. The third-order valence-corrected chi connectivity index (χ3v) is 2.75. The highest BCUT2D eigenvalue weighted by atomic mass is 19.4. The molecule has 0 atom stereocenters. The Kier molecular flexibility index (Phi) is 5.82. The van der Waals surface area contributed by atoms with Gasteiger partial charge in [0.25, 0.3) is 0 Å². The van der Waals surface area contributed by atoms with E-state index in [1.165, 1.54) is 0 Å². The van der Waals surface area contributed by atoms with Gasteiger partial charge >= 0.3 is 6.18 Å². The SMILES string of the molecule is CCN(CC(=O)NCC(F)(F)F)Cc1ccccc1N. The average Bonchev–Trinajstić information content (AvgIpc) is 2.37. The molecule has 0 fully saturated rings. The van der Waals surface area contributed by atoms with Gasteiger partial charge in [-0.05, 0) is 18.2 Å². The summed E-state index contributed by atoms with van der Waals surface area (Å²) in [4.78, 5) is 13.2. The molecule has 1 aromatic carbocycles. The van der Waals surface area contributed by atoms with Gasteiger partial charge in [0.1, 0.15) is 6.54 Å². The third kappa shape index (κ3) is 5.92. The van der Waals surface area contributed by atoms with E-state index in [1.54, 1.807) is 17.0 Å². The van der Waals surface area contributed by atoms with E-state index in [0.29, 0.717) is 18.8 Å². The smallest absolute Gasteiger partial charge is 0.398 e. The molecular weight excluding hydrogens is 271 g/mol. The molecule has 0 spiro atoms. The standard InChI is InChI=1S/C13H18F3N3O/c1-2-19(7-10-5-3-4-6-11(10)17)8-12(20)18-9-13(14,15)16/h3-6H,2,7-9,17H2,1H3,(H,18,20). The van der Waals surface area contributed by atoms with E-state index in [4.69, 9.17) is 5.73 Å². The lowest BCUT2D eigenvalue weighted by molar-refractivity contribution is -0.139. The van der Waals surface area contributed by atoms with Gasteiger partial charge in [0.05, 0.1) is 6.54 Å². The number of carbonyl (C=O) groups excluding carboxylic acids is 1. The first kappa shape index (κ1) is 16.3. The maximum atomic E-state index is 12.0. The van der Waals surface area contributed by atoms with Gasteiger partial charge < -0.3 is 11.1 Å². The highest BCUT2D eigenvalue weighted by Crippen LogP contribution is 2.14. The minimum atomic E-state index is -4.39. The van der Waals surface area contributed by atoms with Crippen molar-refractivity contribution < 1.29 is 18.0 Å². The summed E-state index contributed by atoms with van der Waals surface area (Å²) in [6.07, 6.45) is -4.39. The number of rotatable bonds is 6. The number of benzene rings is 1. The Hall–Kier alpha value is -1.76. The Morgan fingerprint density at radius 1 is 1.35 bits per heavy atom. The monoisotopic (exact) mass is 289 g/mol. The minimum absolute atomic E-state index is 0.0963. The van der Waals surface area contributed by atoms with Crippen molar-refractivity contribution in [1.82, 2.24) is 10.2 Å². The van der Waals surface area contributed by atoms with E-state index in [0.717, 1.165) is 5.56 Å². The number of alkyl halides is 3. The van der Waals surface area contributed by atoms with E-state index in [1.807, 2.05) is 24.4 Å². The number of amides is 1. The third-order valence-electron chi connectivity index (χ3n) is 2.75. The summed E-state index contributed by atoms with van der Waals surface area (Å²) in [5.74, 6) is -0.654. The molecule has 0 aliphatic carbocycles. The molecule has 0 radical (unpaired) electrons. The van der Waals surface area contributed by atoms with Gasteiger partial charge in [-0.2, -0.15) is 13.2 Å². The Morgan fingerprint density at radius 2 is 2.00 bits per heavy atom. The van der Waals surface area contributed by atoms with Crippen molar-refractivity contribution >= 4 is 11.6 Å². The zero-order valence-electron chi connectivity index (χ0n) is 11.2. The Balaban J connectivity index is 2.51. The molecule has 0 unspecified atom stereocenters. The predicted molar refractivity (Wildman–Crippen MR) is 70.9 cm³/mol. The Bertz CT molecular complexity index is 449. The second-order valence-electron chi connectivity index (χ2n) is 4.39. The molecule has 0 saturated carbocycles. The van der Waals surface area contributed by atoms with Crippen molar-refractivity contribution in [3.8, 4) is 0 Å². The molecule has 7 heteroatoms. The minimum Gasteiger partial charge on any atom is -0.398 e. The van der Waals surface area contributed by atoms with Crippen LogP contribution in [-0.2, 0) is 11.3 Å². The van der Waals surface area contributed by atoms with Crippen LogP contribution in [0.15, 0.2) is 24.3 Å². The fourth-order valence-electron chi connectivity index (χ4n) is 1.66. The maximum Gasteiger partial charge on any atom is 0.405 e. The van der Waals surface area contributed by atoms with E-state index < -0.39 is 18.6 Å². The van der Waals surface area contributed by atoms with Gasteiger partial charge in [0, 0.05) is 12.2 Å². The number of nitrogens with one attached hydrogen (secondary N) is 1. The molecule has 112 valence electrons. The first-order valence-corrected chi connectivity index (χ1v) is 6.21. The van der Waals surface area contributed by atoms with Crippen LogP contribution in [0.5, 0.6) is 0 Å². The van der Waals surface area contributed by atoms with Gasteiger partial charge in [-0.3, -0.25) is 9.69 Å². The molecule has 0 aliphatic heterocycles. The van der Waals surface area contributed by atoms with Crippen molar-refractivity contribution in [2.24, 2.45) is 0 Å². The van der Waals surface area contributed by atoms with Crippen LogP contribution in [0.25, 0.3) is 0 Å². The summed E-state index contributed by atoms with van der Waals surface area (Å²) in [6, 6.07) is 7.19. The van der Waals surface area contributed by atoms with Gasteiger partial charge in [-0.15, -0.1) is 0 Å². The van der Waals surface area contributed by atoms with Crippen LogP contribution in [0.4, 0.5) is 18.9 Å². The second-order valence-corrected chi connectivity index (χ2v) is 4.39. The first-order chi connectivity index (χ1) is 9.31. The number of hydrogen-bond donors (Lipinski definition) is 2. The highest BCUT2D eigenvalue weighted by molar-refractivity contribution is 5.78. The molecular formula is C13H18F3N3O. The summed E-state index contributed by atoms with van der Waals surface area (Å²) >= 11 is 0. The molecule has 3 N–H and O–H groups in total. The molecule has 0 saturated heterocycles. The summed E-state index contributed by atoms with van der Waals surface area (Å²) in [5.41, 5.74) is 7.24. The number of para-hydroxylation sites is 1. The number of halogens is 3. The lowest BCUT2D eigenvalue weighted by Gasteiger charge is -2.21. The number of nitrogen functional groups attached to an aromatic ring is 1. The average molecular weight is 289 g/mol. The number of nitrogens with zero attached hydrogens (tertiary/aromatic N) is 1. The topological polar surface area (TPSA) is 58.4 Å². The van der Waals surface area contributed by atoms with Crippen molar-refractivity contribution in [1.29, 1.82) is 0 Å². The maximum absolute atomic E-state index is 12.0. The van der Waals surface area contributed by atoms with Crippen molar-refractivity contribution in [3.63, 3.8) is 0 Å². The highest BCUT2D eigenvalue weighted by Gasteiger charge is 2.27. The number of carbonyl (C=O) groups is 1. The molecule has 4 nitrogen and oxygen atoms in total. The normalized spacial score (nSPS) is 11.7. The lowest BCUT2D eigenvalue weighted by atomic mass is 10.1. The van der Waals surface area contributed by atoms with Gasteiger partial charge in [-0.1, -0.05) is 25.1 Å². The summed E-state index contributed by atoms with van der Waals surface area (Å²) in [5, 5.41) is 1.85. The van der Waals surface area contributed by atoms with E-state index in [9.17, 15) is 18.0 Å². The predicted octanol–water partition coefficient (Wildman–Crippen LogP) is 1.77. The zero-order chi connectivity index (χ0) is 15.2. The molecule has 0 heterocycles. The van der Waals surface area contributed by atoms with Crippen LogP contribution in [0, 0.1) is 0 Å². The van der Waals surface area contributed by atoms with E-state index in [2.05, 4.69) is 0 Å². The quantitative estimate of drug-likeness (QED) is 0.785. The molecule has 20 heavy (non-hydrogen) atoms. The van der Waals surface area contributed by atoms with Crippen LogP contribution in [0.3, 0.4) is 0 Å². The van der Waals surface area contributed by atoms with Gasteiger partial charge in [0.2, 0.25) is 5.91 Å². The number of anilines is 1. The fourth-order valence-corrected chi connectivity index (χ4v) is 1.66. The number of nitrogens with two attached hydrogens (primary N) is 1. The van der Waals surface area contributed by atoms with Crippen LogP contribution >= 0.6 is 0 Å². The second kappa shape index (κ2) is 7.14. The van der Waals surface area contributed by atoms with E-state index >= 15 is 0 Å². The number of hydrogen-bond acceptors (Lipinski definition) is 3. The van der Waals surface area contributed by atoms with Crippen LogP contribution < -0.4 is 11.1 Å². The Labute approximate surface area is 115 Å². The molecule has 0 aliphatic rings. The first-order valence-electron chi connectivity index (χ1n) is 6.21. The largest absolute Gasteiger partial charge is 0.405 e. The van der Waals surface area contributed by atoms with Crippen molar-refractivity contribution in [3.05, 3.63) is 29.8 Å².